The summed E-state index contributed by atoms with van der Waals surface area (Å²) >= 11 is 0. The molecule has 0 aliphatic rings. The molecule has 0 saturated carbocycles. The number of oxazole rings is 1. The van der Waals surface area contributed by atoms with Crippen LogP contribution in [0, 0.1) is 6.92 Å². The van der Waals surface area contributed by atoms with Gasteiger partial charge in [0, 0.05) is 0 Å². The van der Waals surface area contributed by atoms with Gasteiger partial charge in [-0.05, 0) is 6.92 Å². The molecule has 6 heteroatoms. The first-order valence-corrected chi connectivity index (χ1v) is 3.35. The number of aromatic carboxylic acids is 1. The van der Waals surface area contributed by atoms with Crippen molar-refractivity contribution in [3.8, 4) is 0 Å². The fourth-order valence-electron chi connectivity index (χ4n) is 0.769. The zero-order valence-electron chi connectivity index (χ0n) is 7.03. The Labute approximate surface area is 73.1 Å². The topological polar surface area (TPSA) is 89.6 Å². The lowest BCUT2D eigenvalue weighted by Crippen LogP contribution is -2.03. The standard InChI is InChI=1S/C7H7NO5/c1-3-4(6(9)10)8-5(13-3)7(11)12-2/h1-2H3,(H,9,10). The fraction of sp³-hybridized carbons (Fsp3) is 0.286. The molecule has 1 N–H and O–H groups in total. The molecule has 0 fully saturated rings. The molecule has 70 valence electrons. The number of aromatic nitrogens is 1. The second kappa shape index (κ2) is 3.26. The minimum atomic E-state index is -1.24. The lowest BCUT2D eigenvalue weighted by atomic mass is 10.4. The van der Waals surface area contributed by atoms with Crippen LogP contribution in [0.25, 0.3) is 0 Å². The van der Waals surface area contributed by atoms with E-state index in [1.54, 1.807) is 0 Å². The molecule has 0 aliphatic carbocycles. The first-order chi connectivity index (χ1) is 6.06. The Balaban J connectivity index is 3.09. The maximum Gasteiger partial charge on any atom is 0.394 e. The van der Waals surface area contributed by atoms with Crippen molar-refractivity contribution in [3.05, 3.63) is 17.3 Å². The highest BCUT2D eigenvalue weighted by atomic mass is 16.5. The molecule has 0 atom stereocenters. The molecular weight excluding hydrogens is 178 g/mol. The number of hydrogen-bond donors (Lipinski definition) is 1. The molecule has 6 nitrogen and oxygen atoms in total. The molecule has 0 aliphatic heterocycles. The predicted octanol–water partition coefficient (Wildman–Crippen LogP) is 0.468. The SMILES string of the molecule is COC(=O)c1nc(C(=O)O)c(C)o1. The van der Waals surface area contributed by atoms with Gasteiger partial charge in [0.25, 0.3) is 0 Å². The number of nitrogens with zero attached hydrogens (tertiary/aromatic N) is 1. The Bertz CT molecular complexity index is 354. The van der Waals surface area contributed by atoms with E-state index in [2.05, 4.69) is 9.72 Å². The normalized spacial score (nSPS) is 9.69. The first-order valence-electron chi connectivity index (χ1n) is 3.35. The number of esters is 1. The third-order valence-electron chi connectivity index (χ3n) is 1.36. The van der Waals surface area contributed by atoms with Crippen molar-refractivity contribution in [1.82, 2.24) is 4.98 Å². The summed E-state index contributed by atoms with van der Waals surface area (Å²) in [6.45, 7) is 1.41. The zero-order chi connectivity index (χ0) is 10.0. The number of aryl methyl sites for hydroxylation is 1. The number of carbonyl (C=O) groups excluding carboxylic acids is 1. The summed E-state index contributed by atoms with van der Waals surface area (Å²) in [5, 5.41) is 8.56. The van der Waals surface area contributed by atoms with Gasteiger partial charge >= 0.3 is 17.8 Å². The van der Waals surface area contributed by atoms with Gasteiger partial charge in [-0.3, -0.25) is 0 Å². The highest BCUT2D eigenvalue weighted by Gasteiger charge is 2.20. The van der Waals surface area contributed by atoms with Gasteiger partial charge in [0.1, 0.15) is 5.76 Å². The highest BCUT2D eigenvalue weighted by Crippen LogP contribution is 2.10. The van der Waals surface area contributed by atoms with Crippen LogP contribution >= 0.6 is 0 Å². The molecule has 1 heterocycles. The number of ether oxygens (including phenoxy) is 1. The van der Waals surface area contributed by atoms with Gasteiger partial charge in [-0.25, -0.2) is 9.59 Å². The Morgan fingerprint density at radius 3 is 2.54 bits per heavy atom. The monoisotopic (exact) mass is 185 g/mol. The molecular formula is C7H7NO5. The van der Waals surface area contributed by atoms with Gasteiger partial charge in [-0.15, -0.1) is 0 Å². The Morgan fingerprint density at radius 2 is 2.15 bits per heavy atom. The number of carboxylic acid groups (broad SMARTS) is 1. The van der Waals surface area contributed by atoms with E-state index in [0.717, 1.165) is 7.11 Å². The molecule has 0 bridgehead atoms. The van der Waals surface area contributed by atoms with Crippen molar-refractivity contribution in [2.24, 2.45) is 0 Å². The smallest absolute Gasteiger partial charge is 0.394 e. The van der Waals surface area contributed by atoms with Gasteiger partial charge < -0.3 is 14.3 Å². The molecule has 0 radical (unpaired) electrons. The first kappa shape index (κ1) is 9.24. The lowest BCUT2D eigenvalue weighted by Gasteiger charge is -1.89. The van der Waals surface area contributed by atoms with E-state index in [9.17, 15) is 9.59 Å². The molecule has 1 rings (SSSR count). The van der Waals surface area contributed by atoms with E-state index in [0.29, 0.717) is 0 Å². The van der Waals surface area contributed by atoms with Gasteiger partial charge in [0.2, 0.25) is 0 Å². The van der Waals surface area contributed by atoms with Crippen molar-refractivity contribution in [2.45, 2.75) is 6.92 Å². The quantitative estimate of drug-likeness (QED) is 0.673. The molecule has 0 saturated heterocycles. The van der Waals surface area contributed by atoms with E-state index in [1.807, 2.05) is 0 Å². The highest BCUT2D eigenvalue weighted by molar-refractivity contribution is 5.90. The molecule has 0 amide bonds. The molecule has 1 aromatic rings. The second-order valence-electron chi connectivity index (χ2n) is 2.22. The predicted molar refractivity (Wildman–Crippen MR) is 39.5 cm³/mol. The van der Waals surface area contributed by atoms with Crippen LogP contribution in [0.1, 0.15) is 26.9 Å². The van der Waals surface area contributed by atoms with Crippen molar-refractivity contribution in [3.63, 3.8) is 0 Å². The number of hydrogen-bond acceptors (Lipinski definition) is 5. The van der Waals surface area contributed by atoms with E-state index in [4.69, 9.17) is 9.52 Å². The number of rotatable bonds is 2. The van der Waals surface area contributed by atoms with Crippen LogP contribution in [0.5, 0.6) is 0 Å². The van der Waals surface area contributed by atoms with Crippen LogP contribution in [-0.2, 0) is 4.74 Å². The third kappa shape index (κ3) is 1.66. The summed E-state index contributed by atoms with van der Waals surface area (Å²) < 4.78 is 9.06. The Hall–Kier alpha value is -1.85. The maximum atomic E-state index is 10.8. The lowest BCUT2D eigenvalue weighted by molar-refractivity contribution is 0.0554. The Morgan fingerprint density at radius 1 is 1.54 bits per heavy atom. The summed E-state index contributed by atoms with van der Waals surface area (Å²) in [4.78, 5) is 24.7. The van der Waals surface area contributed by atoms with Crippen LogP contribution in [0.3, 0.4) is 0 Å². The van der Waals surface area contributed by atoms with E-state index in [1.165, 1.54) is 6.92 Å². The molecule has 13 heavy (non-hydrogen) atoms. The average molecular weight is 185 g/mol. The summed E-state index contributed by atoms with van der Waals surface area (Å²) in [5.41, 5.74) is -0.277. The minimum absolute atomic E-state index is 0.0768. The van der Waals surface area contributed by atoms with E-state index in [-0.39, 0.29) is 17.3 Å². The third-order valence-corrected chi connectivity index (χ3v) is 1.36. The summed E-state index contributed by atoms with van der Waals surface area (Å²) in [5.74, 6) is -2.31. The maximum absolute atomic E-state index is 10.8. The minimum Gasteiger partial charge on any atom is -0.476 e. The van der Waals surface area contributed by atoms with Crippen molar-refractivity contribution < 1.29 is 23.8 Å². The zero-order valence-corrected chi connectivity index (χ0v) is 7.03. The largest absolute Gasteiger partial charge is 0.476 e. The molecule has 1 aromatic heterocycles. The van der Waals surface area contributed by atoms with Crippen molar-refractivity contribution in [1.29, 1.82) is 0 Å². The van der Waals surface area contributed by atoms with Gasteiger partial charge in [-0.2, -0.15) is 4.98 Å². The van der Waals surface area contributed by atoms with Crippen molar-refractivity contribution >= 4 is 11.9 Å². The summed E-state index contributed by atoms with van der Waals surface area (Å²) in [6, 6.07) is 0. The van der Waals surface area contributed by atoms with Gasteiger partial charge in [0.15, 0.2) is 5.69 Å². The molecule has 0 spiro atoms. The van der Waals surface area contributed by atoms with Crippen LogP contribution < -0.4 is 0 Å². The molecule has 0 aromatic carbocycles. The number of carboxylic acids is 1. The summed E-state index contributed by atoms with van der Waals surface area (Å²) in [6.07, 6.45) is 0. The van der Waals surface area contributed by atoms with Crippen LogP contribution in [0.2, 0.25) is 0 Å². The van der Waals surface area contributed by atoms with E-state index >= 15 is 0 Å². The Kier molecular flexibility index (Phi) is 2.32. The van der Waals surface area contributed by atoms with Gasteiger partial charge in [-0.1, -0.05) is 0 Å². The van der Waals surface area contributed by atoms with Gasteiger partial charge in [0.05, 0.1) is 7.11 Å². The fourth-order valence-corrected chi connectivity index (χ4v) is 0.769. The average Bonchev–Trinajstić information content (AvgIpc) is 2.46. The van der Waals surface area contributed by atoms with Crippen molar-refractivity contribution in [2.75, 3.05) is 7.11 Å². The number of methoxy groups -OCH3 is 1. The van der Waals surface area contributed by atoms with Crippen LogP contribution in [-0.4, -0.2) is 29.1 Å². The molecule has 0 unspecified atom stereocenters. The van der Waals surface area contributed by atoms with Crippen LogP contribution in [0.4, 0.5) is 0 Å². The second-order valence-corrected chi connectivity index (χ2v) is 2.22. The van der Waals surface area contributed by atoms with Crippen LogP contribution in [0.15, 0.2) is 4.42 Å². The van der Waals surface area contributed by atoms with E-state index < -0.39 is 11.9 Å². The number of carbonyl (C=O) groups is 2. The summed E-state index contributed by atoms with van der Waals surface area (Å²) in [7, 11) is 1.16.